The van der Waals surface area contributed by atoms with Crippen LogP contribution in [0.1, 0.15) is 11.3 Å². The van der Waals surface area contributed by atoms with Gasteiger partial charge < -0.3 is 9.73 Å². The molecule has 0 aliphatic carbocycles. The van der Waals surface area contributed by atoms with Crippen molar-refractivity contribution in [3.05, 3.63) is 56.6 Å². The fraction of sp³-hybridized carbons (Fsp3) is 0.143. The van der Waals surface area contributed by atoms with Crippen LogP contribution in [-0.2, 0) is 6.54 Å². The highest BCUT2D eigenvalue weighted by atomic mass is 79.9. The number of rotatable bonds is 3. The molecule has 0 aliphatic rings. The zero-order valence-electron chi connectivity index (χ0n) is 10.7. The first kappa shape index (κ1) is 12.9. The van der Waals surface area contributed by atoms with E-state index in [4.69, 9.17) is 4.42 Å². The summed E-state index contributed by atoms with van der Waals surface area (Å²) in [6, 6.07) is 9.47. The maximum atomic E-state index is 11.1. The van der Waals surface area contributed by atoms with Crippen LogP contribution >= 0.6 is 15.9 Å². The van der Waals surface area contributed by atoms with Gasteiger partial charge in [0.25, 0.3) is 0 Å². The Kier molecular flexibility index (Phi) is 3.31. The molecule has 3 rings (SSSR count). The summed E-state index contributed by atoms with van der Waals surface area (Å²) in [6.07, 6.45) is 0. The molecule has 0 amide bonds. The van der Waals surface area contributed by atoms with E-state index in [-0.39, 0.29) is 0 Å². The van der Waals surface area contributed by atoms with Gasteiger partial charge in [0.15, 0.2) is 5.58 Å². The lowest BCUT2D eigenvalue weighted by molar-refractivity contribution is 0.555. The molecule has 2 heterocycles. The number of anilines is 1. The van der Waals surface area contributed by atoms with Gasteiger partial charge in [-0.05, 0) is 52.7 Å². The summed E-state index contributed by atoms with van der Waals surface area (Å²) >= 11 is 3.42. The van der Waals surface area contributed by atoms with E-state index >= 15 is 0 Å². The Bertz CT molecular complexity index is 823. The normalized spacial score (nSPS) is 10.9. The van der Waals surface area contributed by atoms with Crippen LogP contribution in [0.15, 0.2) is 44.0 Å². The van der Waals surface area contributed by atoms with Crippen LogP contribution in [0.3, 0.4) is 0 Å². The number of pyridine rings is 1. The molecule has 5 nitrogen and oxygen atoms in total. The fourth-order valence-corrected chi connectivity index (χ4v) is 2.16. The standard InChI is InChI=1S/C14H12BrN3O2/c1-8-10(15)3-5-13(17-8)16-7-9-2-4-11-12(6-9)20-14(19)18-11/h2-6H,7H2,1H3,(H,16,17)(H,18,19). The molecule has 0 saturated heterocycles. The molecule has 6 heteroatoms. The van der Waals surface area contributed by atoms with Gasteiger partial charge in [0.2, 0.25) is 0 Å². The Balaban J connectivity index is 1.78. The van der Waals surface area contributed by atoms with Crippen molar-refractivity contribution in [1.82, 2.24) is 9.97 Å². The van der Waals surface area contributed by atoms with E-state index < -0.39 is 5.76 Å². The van der Waals surface area contributed by atoms with Crippen molar-refractivity contribution >= 4 is 32.8 Å². The van der Waals surface area contributed by atoms with Crippen molar-refractivity contribution < 1.29 is 4.42 Å². The highest BCUT2D eigenvalue weighted by molar-refractivity contribution is 9.10. The van der Waals surface area contributed by atoms with E-state index in [9.17, 15) is 4.79 Å². The maximum Gasteiger partial charge on any atom is 0.417 e. The Morgan fingerprint density at radius 1 is 1.35 bits per heavy atom. The minimum absolute atomic E-state index is 0.435. The minimum atomic E-state index is -0.435. The smallest absolute Gasteiger partial charge is 0.408 e. The molecule has 3 aromatic rings. The molecular formula is C14H12BrN3O2. The third kappa shape index (κ3) is 2.60. The third-order valence-corrected chi connectivity index (χ3v) is 3.82. The molecule has 0 unspecified atom stereocenters. The van der Waals surface area contributed by atoms with Crippen molar-refractivity contribution in [3.8, 4) is 0 Å². The van der Waals surface area contributed by atoms with Crippen LogP contribution in [0.25, 0.3) is 11.1 Å². The van der Waals surface area contributed by atoms with Gasteiger partial charge in [0, 0.05) is 11.0 Å². The molecule has 0 fully saturated rings. The SMILES string of the molecule is Cc1nc(NCc2ccc3[nH]c(=O)oc3c2)ccc1Br. The minimum Gasteiger partial charge on any atom is -0.408 e. The van der Waals surface area contributed by atoms with E-state index in [1.54, 1.807) is 0 Å². The lowest BCUT2D eigenvalue weighted by atomic mass is 10.2. The molecule has 0 bridgehead atoms. The molecule has 0 radical (unpaired) electrons. The number of nitrogens with zero attached hydrogens (tertiary/aromatic N) is 1. The van der Waals surface area contributed by atoms with Gasteiger partial charge in [-0.15, -0.1) is 0 Å². The summed E-state index contributed by atoms with van der Waals surface area (Å²) in [5, 5.41) is 3.24. The van der Waals surface area contributed by atoms with Crippen molar-refractivity contribution in [2.24, 2.45) is 0 Å². The molecule has 2 aromatic heterocycles. The maximum absolute atomic E-state index is 11.1. The van der Waals surface area contributed by atoms with Crippen LogP contribution in [0.5, 0.6) is 0 Å². The van der Waals surface area contributed by atoms with Gasteiger partial charge in [0.1, 0.15) is 5.82 Å². The van der Waals surface area contributed by atoms with E-state index in [0.717, 1.165) is 21.5 Å². The predicted molar refractivity (Wildman–Crippen MR) is 80.8 cm³/mol. The highest BCUT2D eigenvalue weighted by Gasteiger charge is 2.03. The second-order valence-electron chi connectivity index (χ2n) is 4.46. The van der Waals surface area contributed by atoms with Crippen LogP contribution in [-0.4, -0.2) is 9.97 Å². The van der Waals surface area contributed by atoms with Gasteiger partial charge >= 0.3 is 5.76 Å². The molecule has 102 valence electrons. The number of aromatic amines is 1. The summed E-state index contributed by atoms with van der Waals surface area (Å²) < 4.78 is 6.02. The first-order valence-corrected chi connectivity index (χ1v) is 6.90. The molecular weight excluding hydrogens is 322 g/mol. The van der Waals surface area contributed by atoms with E-state index in [0.29, 0.717) is 17.6 Å². The topological polar surface area (TPSA) is 70.9 Å². The summed E-state index contributed by atoms with van der Waals surface area (Å²) in [5.41, 5.74) is 3.22. The molecule has 2 N–H and O–H groups in total. The Morgan fingerprint density at radius 2 is 2.20 bits per heavy atom. The molecule has 0 atom stereocenters. The number of oxazole rings is 1. The molecule has 0 spiro atoms. The zero-order chi connectivity index (χ0) is 14.1. The summed E-state index contributed by atoms with van der Waals surface area (Å²) in [6.45, 7) is 2.55. The predicted octanol–water partition coefficient (Wildman–Crippen LogP) is 3.20. The largest absolute Gasteiger partial charge is 0.417 e. The lowest BCUT2D eigenvalue weighted by Crippen LogP contribution is -2.02. The average molecular weight is 334 g/mol. The molecule has 0 saturated carbocycles. The van der Waals surface area contributed by atoms with E-state index in [2.05, 4.69) is 31.2 Å². The summed E-state index contributed by atoms with van der Waals surface area (Å²) in [7, 11) is 0. The van der Waals surface area contributed by atoms with E-state index in [1.807, 2.05) is 37.3 Å². The highest BCUT2D eigenvalue weighted by Crippen LogP contribution is 2.17. The van der Waals surface area contributed by atoms with Crippen LogP contribution in [0.2, 0.25) is 0 Å². The monoisotopic (exact) mass is 333 g/mol. The second kappa shape index (κ2) is 5.13. The fourth-order valence-electron chi connectivity index (χ4n) is 1.93. The van der Waals surface area contributed by atoms with Gasteiger partial charge in [-0.25, -0.2) is 9.78 Å². The third-order valence-electron chi connectivity index (χ3n) is 2.98. The van der Waals surface area contributed by atoms with E-state index in [1.165, 1.54) is 0 Å². The number of aromatic nitrogens is 2. The van der Waals surface area contributed by atoms with Crippen molar-refractivity contribution in [3.63, 3.8) is 0 Å². The quantitative estimate of drug-likeness (QED) is 0.772. The van der Waals surface area contributed by atoms with Crippen molar-refractivity contribution in [2.75, 3.05) is 5.32 Å². The molecule has 20 heavy (non-hydrogen) atoms. The number of nitrogens with one attached hydrogen (secondary N) is 2. The zero-order valence-corrected chi connectivity index (χ0v) is 12.3. The van der Waals surface area contributed by atoms with Gasteiger partial charge in [-0.1, -0.05) is 6.07 Å². The number of fused-ring (bicyclic) bond motifs is 1. The lowest BCUT2D eigenvalue weighted by Gasteiger charge is -2.07. The Morgan fingerprint density at radius 3 is 3.00 bits per heavy atom. The number of halogens is 1. The van der Waals surface area contributed by atoms with Gasteiger partial charge in [-0.3, -0.25) is 4.98 Å². The average Bonchev–Trinajstić information content (AvgIpc) is 2.79. The number of hydrogen-bond donors (Lipinski definition) is 2. The number of aryl methyl sites for hydroxylation is 1. The van der Waals surface area contributed by atoms with Crippen LogP contribution in [0.4, 0.5) is 5.82 Å². The van der Waals surface area contributed by atoms with Crippen LogP contribution in [0, 0.1) is 6.92 Å². The molecule has 1 aromatic carbocycles. The summed E-state index contributed by atoms with van der Waals surface area (Å²) in [5.74, 6) is 0.372. The molecule has 0 aliphatic heterocycles. The Hall–Kier alpha value is -2.08. The number of H-pyrrole nitrogens is 1. The number of hydrogen-bond acceptors (Lipinski definition) is 4. The summed E-state index contributed by atoms with van der Waals surface area (Å²) in [4.78, 5) is 18.1. The van der Waals surface area contributed by atoms with Crippen molar-refractivity contribution in [1.29, 1.82) is 0 Å². The van der Waals surface area contributed by atoms with Crippen molar-refractivity contribution in [2.45, 2.75) is 13.5 Å². The number of benzene rings is 1. The Labute approximate surface area is 123 Å². The first-order chi connectivity index (χ1) is 9.61. The van der Waals surface area contributed by atoms with Crippen LogP contribution < -0.4 is 11.1 Å². The first-order valence-electron chi connectivity index (χ1n) is 6.10. The van der Waals surface area contributed by atoms with Gasteiger partial charge in [-0.2, -0.15) is 0 Å². The second-order valence-corrected chi connectivity index (χ2v) is 5.32. The van der Waals surface area contributed by atoms with Gasteiger partial charge in [0.05, 0.1) is 11.2 Å².